The Bertz CT molecular complexity index is 846. The van der Waals surface area contributed by atoms with Gasteiger partial charge in [0.15, 0.2) is 6.04 Å². The highest BCUT2D eigenvalue weighted by molar-refractivity contribution is 7.20. The summed E-state index contributed by atoms with van der Waals surface area (Å²) in [6.07, 6.45) is 1.65. The van der Waals surface area contributed by atoms with Crippen LogP contribution in [0, 0.1) is 0 Å². The zero-order valence-electron chi connectivity index (χ0n) is 13.2. The zero-order chi connectivity index (χ0) is 17.6. The molecule has 1 atom stereocenters. The molecule has 128 valence electrons. The Kier molecular flexibility index (Phi) is 5.37. The minimum atomic E-state index is -1.14. The van der Waals surface area contributed by atoms with Crippen LogP contribution in [0.25, 0.3) is 10.2 Å². The van der Waals surface area contributed by atoms with Crippen LogP contribution in [-0.2, 0) is 16.1 Å². The Hall–Kier alpha value is -2.77. The van der Waals surface area contributed by atoms with Gasteiger partial charge in [0.2, 0.25) is 0 Å². The number of aromatic nitrogens is 1. The van der Waals surface area contributed by atoms with Gasteiger partial charge >= 0.3 is 5.97 Å². The van der Waals surface area contributed by atoms with Crippen molar-refractivity contribution >= 4 is 33.4 Å². The number of amides is 1. The zero-order valence-corrected chi connectivity index (χ0v) is 14.0. The highest BCUT2D eigenvalue weighted by atomic mass is 32.1. The SMILES string of the molecule is O=C(N[C@@H](COCc1ccccc1)C(=O)O)c1cc2cccnc2s1. The van der Waals surface area contributed by atoms with Crippen molar-refractivity contribution in [3.63, 3.8) is 0 Å². The summed E-state index contributed by atoms with van der Waals surface area (Å²) < 4.78 is 5.43. The molecule has 0 unspecified atom stereocenters. The van der Waals surface area contributed by atoms with Gasteiger partial charge in [-0.1, -0.05) is 36.4 Å². The van der Waals surface area contributed by atoms with Crippen LogP contribution in [0.4, 0.5) is 0 Å². The van der Waals surface area contributed by atoms with Crippen LogP contribution in [-0.4, -0.2) is 34.6 Å². The minimum Gasteiger partial charge on any atom is -0.480 e. The summed E-state index contributed by atoms with van der Waals surface area (Å²) in [7, 11) is 0. The normalized spacial score (nSPS) is 12.0. The highest BCUT2D eigenvalue weighted by Gasteiger charge is 2.22. The molecule has 6 nitrogen and oxygen atoms in total. The van der Waals surface area contributed by atoms with Crippen molar-refractivity contribution in [2.45, 2.75) is 12.6 Å². The summed E-state index contributed by atoms with van der Waals surface area (Å²) >= 11 is 1.22. The molecular formula is C18H16N2O4S. The van der Waals surface area contributed by atoms with Gasteiger partial charge in [-0.3, -0.25) is 4.79 Å². The lowest BCUT2D eigenvalue weighted by Crippen LogP contribution is -2.43. The predicted octanol–water partition coefficient (Wildman–Crippen LogP) is 2.70. The number of nitrogens with one attached hydrogen (secondary N) is 1. The van der Waals surface area contributed by atoms with Crippen LogP contribution in [0.3, 0.4) is 0 Å². The van der Waals surface area contributed by atoms with Gasteiger partial charge in [-0.15, -0.1) is 11.3 Å². The maximum absolute atomic E-state index is 12.3. The number of nitrogens with zero attached hydrogens (tertiary/aromatic N) is 1. The average molecular weight is 356 g/mol. The van der Waals surface area contributed by atoms with E-state index in [1.54, 1.807) is 18.3 Å². The average Bonchev–Trinajstić information content (AvgIpc) is 3.06. The molecule has 0 aliphatic carbocycles. The number of hydrogen-bond donors (Lipinski definition) is 2. The van der Waals surface area contributed by atoms with E-state index >= 15 is 0 Å². The smallest absolute Gasteiger partial charge is 0.328 e. The van der Waals surface area contributed by atoms with E-state index < -0.39 is 17.9 Å². The van der Waals surface area contributed by atoms with E-state index in [2.05, 4.69) is 10.3 Å². The molecule has 0 fully saturated rings. The third-order valence-corrected chi connectivity index (χ3v) is 4.57. The second-order valence-corrected chi connectivity index (χ2v) is 6.40. The molecular weight excluding hydrogens is 340 g/mol. The van der Waals surface area contributed by atoms with Gasteiger partial charge in [-0.25, -0.2) is 9.78 Å². The number of benzene rings is 1. The van der Waals surface area contributed by atoms with Gasteiger partial charge in [0, 0.05) is 11.6 Å². The Morgan fingerprint density at radius 3 is 2.72 bits per heavy atom. The van der Waals surface area contributed by atoms with Gasteiger partial charge in [-0.2, -0.15) is 0 Å². The molecule has 0 bridgehead atoms. The number of thiophene rings is 1. The number of fused-ring (bicyclic) bond motifs is 1. The summed E-state index contributed by atoms with van der Waals surface area (Å²) in [5.41, 5.74) is 0.938. The molecule has 0 saturated heterocycles. The first-order valence-electron chi connectivity index (χ1n) is 7.63. The maximum atomic E-state index is 12.3. The first-order chi connectivity index (χ1) is 12.1. The largest absolute Gasteiger partial charge is 0.480 e. The predicted molar refractivity (Wildman–Crippen MR) is 94.6 cm³/mol. The highest BCUT2D eigenvalue weighted by Crippen LogP contribution is 2.23. The molecule has 1 amide bonds. The Morgan fingerprint density at radius 1 is 1.20 bits per heavy atom. The van der Waals surface area contributed by atoms with Crippen LogP contribution in [0.5, 0.6) is 0 Å². The minimum absolute atomic E-state index is 0.112. The molecule has 2 N–H and O–H groups in total. The monoisotopic (exact) mass is 356 g/mol. The lowest BCUT2D eigenvalue weighted by molar-refractivity contribution is -0.141. The fraction of sp³-hybridized carbons (Fsp3) is 0.167. The van der Waals surface area contributed by atoms with E-state index in [0.29, 0.717) is 4.88 Å². The van der Waals surface area contributed by atoms with Crippen molar-refractivity contribution in [2.75, 3.05) is 6.61 Å². The second kappa shape index (κ2) is 7.87. The Labute approximate surface area is 148 Å². The van der Waals surface area contributed by atoms with Gasteiger partial charge in [0.05, 0.1) is 18.1 Å². The standard InChI is InChI=1S/C18H16N2O4S/c21-16(15-9-13-7-4-8-19-17(13)25-15)20-14(18(22)23)11-24-10-12-5-2-1-3-6-12/h1-9,14H,10-11H2,(H,20,21)(H,22,23)/t14-/m0/s1. The lowest BCUT2D eigenvalue weighted by Gasteiger charge is -2.14. The first kappa shape index (κ1) is 17.1. The van der Waals surface area contributed by atoms with E-state index in [-0.39, 0.29) is 13.2 Å². The fourth-order valence-electron chi connectivity index (χ4n) is 2.26. The molecule has 2 heterocycles. The quantitative estimate of drug-likeness (QED) is 0.679. The molecule has 25 heavy (non-hydrogen) atoms. The number of rotatable bonds is 7. The molecule has 3 rings (SSSR count). The number of carboxylic acids is 1. The van der Waals surface area contributed by atoms with Crippen LogP contribution in [0.15, 0.2) is 54.7 Å². The van der Waals surface area contributed by atoms with Crippen molar-refractivity contribution in [2.24, 2.45) is 0 Å². The summed E-state index contributed by atoms with van der Waals surface area (Å²) in [6, 6.07) is 13.7. The number of carbonyl (C=O) groups excluding carboxylic acids is 1. The number of carbonyl (C=O) groups is 2. The maximum Gasteiger partial charge on any atom is 0.328 e. The number of pyridine rings is 1. The first-order valence-corrected chi connectivity index (χ1v) is 8.45. The van der Waals surface area contributed by atoms with Gasteiger partial charge in [0.25, 0.3) is 5.91 Å². The number of aliphatic carboxylic acids is 1. The fourth-order valence-corrected chi connectivity index (χ4v) is 3.16. The molecule has 3 aromatic rings. The summed E-state index contributed by atoms with van der Waals surface area (Å²) in [6.45, 7) is 0.173. The second-order valence-electron chi connectivity index (χ2n) is 5.37. The number of hydrogen-bond acceptors (Lipinski definition) is 5. The van der Waals surface area contributed by atoms with E-state index in [1.807, 2.05) is 36.4 Å². The van der Waals surface area contributed by atoms with Crippen molar-refractivity contribution in [3.05, 3.63) is 65.2 Å². The van der Waals surface area contributed by atoms with E-state index in [1.165, 1.54) is 11.3 Å². The van der Waals surface area contributed by atoms with Crippen LogP contribution < -0.4 is 5.32 Å². The van der Waals surface area contributed by atoms with Gasteiger partial charge in [0.1, 0.15) is 4.83 Å². The molecule has 1 aromatic carbocycles. The van der Waals surface area contributed by atoms with Crippen molar-refractivity contribution in [1.82, 2.24) is 10.3 Å². The Morgan fingerprint density at radius 2 is 2.00 bits per heavy atom. The van der Waals surface area contributed by atoms with E-state index in [0.717, 1.165) is 15.8 Å². The van der Waals surface area contributed by atoms with Gasteiger partial charge < -0.3 is 15.2 Å². The lowest BCUT2D eigenvalue weighted by atomic mass is 10.2. The molecule has 0 saturated carbocycles. The molecule has 0 aliphatic heterocycles. The topological polar surface area (TPSA) is 88.5 Å². The number of carboxylic acid groups (broad SMARTS) is 1. The Balaban J connectivity index is 1.60. The van der Waals surface area contributed by atoms with Crippen molar-refractivity contribution in [1.29, 1.82) is 0 Å². The third kappa shape index (κ3) is 4.40. The molecule has 0 aliphatic rings. The van der Waals surface area contributed by atoms with Crippen molar-refractivity contribution < 1.29 is 19.4 Å². The van der Waals surface area contributed by atoms with E-state index in [9.17, 15) is 14.7 Å². The molecule has 0 spiro atoms. The molecule has 2 aromatic heterocycles. The van der Waals surface area contributed by atoms with Crippen LogP contribution >= 0.6 is 11.3 Å². The molecule has 7 heteroatoms. The summed E-state index contributed by atoms with van der Waals surface area (Å²) in [5, 5.41) is 12.7. The van der Waals surface area contributed by atoms with E-state index in [4.69, 9.17) is 4.74 Å². The number of ether oxygens (including phenoxy) is 1. The third-order valence-electron chi connectivity index (χ3n) is 3.52. The van der Waals surface area contributed by atoms with Crippen LogP contribution in [0.2, 0.25) is 0 Å². The molecule has 0 radical (unpaired) electrons. The van der Waals surface area contributed by atoms with Crippen molar-refractivity contribution in [3.8, 4) is 0 Å². The summed E-state index contributed by atoms with van der Waals surface area (Å²) in [4.78, 5) is 29.0. The van der Waals surface area contributed by atoms with Crippen LogP contribution in [0.1, 0.15) is 15.2 Å². The van der Waals surface area contributed by atoms with Gasteiger partial charge in [-0.05, 0) is 17.7 Å². The summed E-state index contributed by atoms with van der Waals surface area (Å²) in [5.74, 6) is -1.58.